The second-order valence-electron chi connectivity index (χ2n) is 5.76. The molecule has 2 atom stereocenters. The van der Waals surface area contributed by atoms with Crippen molar-refractivity contribution in [3.05, 3.63) is 0 Å². The fourth-order valence-corrected chi connectivity index (χ4v) is 3.56. The van der Waals surface area contributed by atoms with Crippen molar-refractivity contribution >= 4 is 5.97 Å². The molecule has 0 aromatic rings. The van der Waals surface area contributed by atoms with Crippen LogP contribution < -0.4 is 5.32 Å². The summed E-state index contributed by atoms with van der Waals surface area (Å²) in [6.45, 7) is 9.94. The van der Waals surface area contributed by atoms with E-state index < -0.39 is 0 Å². The van der Waals surface area contributed by atoms with Gasteiger partial charge in [-0.15, -0.1) is 0 Å². The van der Waals surface area contributed by atoms with Crippen molar-refractivity contribution in [3.63, 3.8) is 0 Å². The molecule has 0 aromatic heterocycles. The normalized spacial score (nSPS) is 28.4. The molecule has 1 fully saturated rings. The Bertz CT molecular complexity index is 261. The van der Waals surface area contributed by atoms with E-state index in [1.54, 1.807) is 0 Å². The zero-order valence-electron chi connectivity index (χ0n) is 12.4. The summed E-state index contributed by atoms with van der Waals surface area (Å²) in [4.78, 5) is 11.9. The molecule has 0 heterocycles. The fraction of sp³-hybridized carbons (Fsp3) is 0.933. The molecule has 0 aliphatic heterocycles. The van der Waals surface area contributed by atoms with Crippen LogP contribution >= 0.6 is 0 Å². The minimum absolute atomic E-state index is 0.0343. The summed E-state index contributed by atoms with van der Waals surface area (Å²) in [5.41, 5.74) is -0.0343. The number of hydrogen-bond acceptors (Lipinski definition) is 3. The van der Waals surface area contributed by atoms with E-state index in [9.17, 15) is 4.79 Å². The Morgan fingerprint density at radius 1 is 1.39 bits per heavy atom. The molecule has 1 aliphatic rings. The standard InChI is InChI=1S/C15H29NO2/c1-5-16-15(11-14(17)18-6-2)10-8-7-9-13(15)12(3)4/h12-13,16H,5-11H2,1-4H3. The highest BCUT2D eigenvalue weighted by molar-refractivity contribution is 5.71. The lowest BCUT2D eigenvalue weighted by Crippen LogP contribution is -2.56. The van der Waals surface area contributed by atoms with Crippen LogP contribution in [0.3, 0.4) is 0 Å². The smallest absolute Gasteiger partial charge is 0.307 e. The van der Waals surface area contributed by atoms with Crippen molar-refractivity contribution in [1.82, 2.24) is 5.32 Å². The van der Waals surface area contributed by atoms with Gasteiger partial charge in [-0.05, 0) is 38.1 Å². The first-order chi connectivity index (χ1) is 8.55. The summed E-state index contributed by atoms with van der Waals surface area (Å²) in [6.07, 6.45) is 5.36. The van der Waals surface area contributed by atoms with Crippen molar-refractivity contribution in [2.75, 3.05) is 13.2 Å². The van der Waals surface area contributed by atoms with Crippen molar-refractivity contribution < 1.29 is 9.53 Å². The molecular weight excluding hydrogens is 226 g/mol. The molecule has 3 nitrogen and oxygen atoms in total. The second-order valence-corrected chi connectivity index (χ2v) is 5.76. The van der Waals surface area contributed by atoms with Crippen LogP contribution in [0.4, 0.5) is 0 Å². The highest BCUT2D eigenvalue weighted by Gasteiger charge is 2.43. The number of nitrogens with one attached hydrogen (secondary N) is 1. The lowest BCUT2D eigenvalue weighted by Gasteiger charge is -2.46. The summed E-state index contributed by atoms with van der Waals surface area (Å²) >= 11 is 0. The van der Waals surface area contributed by atoms with Gasteiger partial charge in [0.05, 0.1) is 13.0 Å². The Morgan fingerprint density at radius 3 is 2.67 bits per heavy atom. The molecule has 0 saturated heterocycles. The number of carbonyl (C=O) groups excluding carboxylic acids is 1. The minimum atomic E-state index is -0.0500. The Hall–Kier alpha value is -0.570. The first kappa shape index (κ1) is 15.5. The van der Waals surface area contributed by atoms with Crippen molar-refractivity contribution in [2.24, 2.45) is 11.8 Å². The van der Waals surface area contributed by atoms with Crippen LogP contribution in [0.5, 0.6) is 0 Å². The van der Waals surface area contributed by atoms with E-state index in [2.05, 4.69) is 26.1 Å². The average molecular weight is 255 g/mol. The van der Waals surface area contributed by atoms with Crippen LogP contribution in [-0.4, -0.2) is 24.7 Å². The van der Waals surface area contributed by atoms with Gasteiger partial charge >= 0.3 is 5.97 Å². The van der Waals surface area contributed by atoms with Crippen LogP contribution in [0.25, 0.3) is 0 Å². The highest BCUT2D eigenvalue weighted by atomic mass is 16.5. The second kappa shape index (κ2) is 7.13. The molecule has 0 radical (unpaired) electrons. The molecule has 0 amide bonds. The lowest BCUT2D eigenvalue weighted by atomic mass is 9.66. The highest BCUT2D eigenvalue weighted by Crippen LogP contribution is 2.40. The number of hydrogen-bond donors (Lipinski definition) is 1. The summed E-state index contributed by atoms with van der Waals surface area (Å²) < 4.78 is 5.17. The Labute approximate surface area is 112 Å². The first-order valence-electron chi connectivity index (χ1n) is 7.46. The molecule has 0 spiro atoms. The molecule has 1 N–H and O–H groups in total. The van der Waals surface area contributed by atoms with E-state index in [0.717, 1.165) is 13.0 Å². The molecule has 1 rings (SSSR count). The van der Waals surface area contributed by atoms with E-state index in [1.165, 1.54) is 19.3 Å². The topological polar surface area (TPSA) is 38.3 Å². The van der Waals surface area contributed by atoms with Crippen LogP contribution in [-0.2, 0) is 9.53 Å². The van der Waals surface area contributed by atoms with E-state index in [4.69, 9.17) is 4.74 Å². The maximum absolute atomic E-state index is 11.9. The summed E-state index contributed by atoms with van der Waals surface area (Å²) in [5.74, 6) is 1.14. The maximum atomic E-state index is 11.9. The monoisotopic (exact) mass is 255 g/mol. The van der Waals surface area contributed by atoms with Crippen molar-refractivity contribution in [3.8, 4) is 0 Å². The van der Waals surface area contributed by atoms with Gasteiger partial charge < -0.3 is 10.1 Å². The Kier molecular flexibility index (Phi) is 6.13. The van der Waals surface area contributed by atoms with Crippen molar-refractivity contribution in [1.29, 1.82) is 0 Å². The zero-order valence-corrected chi connectivity index (χ0v) is 12.4. The number of ether oxygens (including phenoxy) is 1. The van der Waals surface area contributed by atoms with Gasteiger partial charge in [0, 0.05) is 5.54 Å². The van der Waals surface area contributed by atoms with Gasteiger partial charge in [0.1, 0.15) is 0 Å². The SMILES string of the molecule is CCNC1(CC(=O)OCC)CCCCC1C(C)C. The number of carbonyl (C=O) groups is 1. The first-order valence-corrected chi connectivity index (χ1v) is 7.46. The molecule has 0 aromatic carbocycles. The average Bonchev–Trinajstić information content (AvgIpc) is 2.29. The van der Waals surface area contributed by atoms with Crippen LogP contribution in [0, 0.1) is 11.8 Å². The van der Waals surface area contributed by atoms with E-state index in [-0.39, 0.29) is 11.5 Å². The molecular formula is C15H29NO2. The van der Waals surface area contributed by atoms with Crippen molar-refractivity contribution in [2.45, 2.75) is 65.3 Å². The van der Waals surface area contributed by atoms with E-state index in [1.807, 2.05) is 6.92 Å². The molecule has 18 heavy (non-hydrogen) atoms. The van der Waals surface area contributed by atoms with Gasteiger partial charge in [-0.2, -0.15) is 0 Å². The van der Waals surface area contributed by atoms with Gasteiger partial charge in [0.2, 0.25) is 0 Å². The maximum Gasteiger partial charge on any atom is 0.307 e. The van der Waals surface area contributed by atoms with Gasteiger partial charge in [-0.3, -0.25) is 4.79 Å². The molecule has 106 valence electrons. The summed E-state index contributed by atoms with van der Waals surface area (Å²) in [7, 11) is 0. The van der Waals surface area contributed by atoms with E-state index in [0.29, 0.717) is 24.9 Å². The quantitative estimate of drug-likeness (QED) is 0.741. The predicted octanol–water partition coefficient (Wildman–Crippen LogP) is 3.13. The Balaban J connectivity index is 2.83. The van der Waals surface area contributed by atoms with Gasteiger partial charge in [-0.25, -0.2) is 0 Å². The number of esters is 1. The Morgan fingerprint density at radius 2 is 2.11 bits per heavy atom. The lowest BCUT2D eigenvalue weighted by molar-refractivity contribution is -0.146. The fourth-order valence-electron chi connectivity index (χ4n) is 3.56. The molecule has 1 saturated carbocycles. The van der Waals surface area contributed by atoms with Gasteiger partial charge in [0.25, 0.3) is 0 Å². The zero-order chi connectivity index (χ0) is 13.6. The third kappa shape index (κ3) is 3.71. The summed E-state index contributed by atoms with van der Waals surface area (Å²) in [5, 5.41) is 3.62. The van der Waals surface area contributed by atoms with Crippen LogP contribution in [0.15, 0.2) is 0 Å². The largest absolute Gasteiger partial charge is 0.466 e. The molecule has 0 bridgehead atoms. The molecule has 2 unspecified atom stereocenters. The third-order valence-corrected chi connectivity index (χ3v) is 4.20. The predicted molar refractivity (Wildman–Crippen MR) is 74.5 cm³/mol. The third-order valence-electron chi connectivity index (χ3n) is 4.20. The summed E-state index contributed by atoms with van der Waals surface area (Å²) in [6, 6.07) is 0. The van der Waals surface area contributed by atoms with E-state index >= 15 is 0 Å². The van der Waals surface area contributed by atoms with Gasteiger partial charge in [0.15, 0.2) is 0 Å². The molecule has 1 aliphatic carbocycles. The molecule has 3 heteroatoms. The van der Waals surface area contributed by atoms with Crippen LogP contribution in [0.1, 0.15) is 59.8 Å². The van der Waals surface area contributed by atoms with Gasteiger partial charge in [-0.1, -0.05) is 33.6 Å². The van der Waals surface area contributed by atoms with Crippen LogP contribution in [0.2, 0.25) is 0 Å². The number of rotatable bonds is 6. The minimum Gasteiger partial charge on any atom is -0.466 e.